The molecule has 0 aromatic heterocycles. The lowest BCUT2D eigenvalue weighted by Crippen LogP contribution is -2.45. The maximum absolute atomic E-state index is 12.1. The third kappa shape index (κ3) is 5.95. The monoisotopic (exact) mass is 387 g/mol. The van der Waals surface area contributed by atoms with E-state index in [9.17, 15) is 13.2 Å². The minimum absolute atomic E-state index is 0.0170. The Labute approximate surface area is 155 Å². The van der Waals surface area contributed by atoms with Gasteiger partial charge in [-0.25, -0.2) is 0 Å². The van der Waals surface area contributed by atoms with Crippen molar-refractivity contribution in [2.75, 3.05) is 33.7 Å². The summed E-state index contributed by atoms with van der Waals surface area (Å²) in [5, 5.41) is 3.64. The molecule has 140 valence electrons. The summed E-state index contributed by atoms with van der Waals surface area (Å²) in [7, 11) is -0.242. The number of benzene rings is 1. The van der Waals surface area contributed by atoms with Crippen molar-refractivity contribution in [3.8, 4) is 0 Å². The van der Waals surface area contributed by atoms with E-state index in [2.05, 4.69) is 5.32 Å². The highest BCUT2D eigenvalue weighted by atomic mass is 35.5. The molecule has 0 spiro atoms. The highest BCUT2D eigenvalue weighted by Crippen LogP contribution is 2.20. The van der Waals surface area contributed by atoms with Crippen molar-refractivity contribution >= 4 is 27.7 Å². The van der Waals surface area contributed by atoms with Crippen LogP contribution in [-0.2, 0) is 21.4 Å². The number of carbonyl (C=O) groups is 1. The Balaban J connectivity index is 1.69. The molecule has 0 saturated carbocycles. The lowest BCUT2D eigenvalue weighted by Gasteiger charge is -2.32. The van der Waals surface area contributed by atoms with Crippen molar-refractivity contribution in [1.82, 2.24) is 13.9 Å². The largest absolute Gasteiger partial charge is 0.356 e. The first kappa shape index (κ1) is 20.2. The summed E-state index contributed by atoms with van der Waals surface area (Å²) in [5.41, 5.74) is 1.05. The number of carbonyl (C=O) groups excluding carboxylic acids is 1. The number of aryl methyl sites for hydroxylation is 1. The van der Waals surface area contributed by atoms with Gasteiger partial charge in [-0.15, -0.1) is 0 Å². The molecule has 2 rings (SSSR count). The van der Waals surface area contributed by atoms with Gasteiger partial charge in [0.1, 0.15) is 0 Å². The Morgan fingerprint density at radius 2 is 2.00 bits per heavy atom. The van der Waals surface area contributed by atoms with E-state index in [1.807, 2.05) is 24.3 Å². The minimum atomic E-state index is -3.33. The lowest BCUT2D eigenvalue weighted by atomic mass is 9.98. The average Bonchev–Trinajstić information content (AvgIpc) is 2.58. The Hall–Kier alpha value is -1.15. The fourth-order valence-electron chi connectivity index (χ4n) is 2.87. The second-order valence-corrected chi connectivity index (χ2v) is 9.15. The fourth-order valence-corrected chi connectivity index (χ4v) is 4.22. The van der Waals surface area contributed by atoms with Crippen LogP contribution in [0.2, 0.25) is 5.02 Å². The zero-order valence-corrected chi connectivity index (χ0v) is 16.3. The van der Waals surface area contributed by atoms with Crippen LogP contribution in [-0.4, -0.2) is 56.7 Å². The van der Waals surface area contributed by atoms with Gasteiger partial charge in [0.05, 0.1) is 0 Å². The van der Waals surface area contributed by atoms with Gasteiger partial charge in [0.15, 0.2) is 0 Å². The molecule has 1 fully saturated rings. The lowest BCUT2D eigenvalue weighted by molar-refractivity contribution is -0.121. The van der Waals surface area contributed by atoms with Crippen LogP contribution in [0.3, 0.4) is 0 Å². The first-order chi connectivity index (χ1) is 11.8. The van der Waals surface area contributed by atoms with Crippen molar-refractivity contribution in [1.29, 1.82) is 0 Å². The molecular weight excluding hydrogens is 362 g/mol. The van der Waals surface area contributed by atoms with Gasteiger partial charge >= 0.3 is 0 Å². The molecule has 0 unspecified atom stereocenters. The molecule has 0 aliphatic carbocycles. The predicted molar refractivity (Wildman–Crippen MR) is 99.7 cm³/mol. The van der Waals surface area contributed by atoms with Gasteiger partial charge in [0.25, 0.3) is 10.2 Å². The molecule has 25 heavy (non-hydrogen) atoms. The van der Waals surface area contributed by atoms with Crippen molar-refractivity contribution in [3.63, 3.8) is 0 Å². The van der Waals surface area contributed by atoms with E-state index in [1.54, 1.807) is 14.1 Å². The number of hydrogen-bond acceptors (Lipinski definition) is 3. The Bertz CT molecular complexity index is 686. The predicted octanol–water partition coefficient (Wildman–Crippen LogP) is 1.91. The molecule has 1 aromatic rings. The Morgan fingerprint density at radius 3 is 2.60 bits per heavy atom. The number of rotatable bonds is 7. The summed E-state index contributed by atoms with van der Waals surface area (Å²) in [6, 6.07) is 7.52. The Morgan fingerprint density at radius 1 is 1.32 bits per heavy atom. The zero-order chi connectivity index (χ0) is 18.4. The van der Waals surface area contributed by atoms with Gasteiger partial charge in [-0.05, 0) is 42.9 Å². The molecule has 1 aromatic carbocycles. The van der Waals surface area contributed by atoms with Crippen LogP contribution in [0.25, 0.3) is 0 Å². The van der Waals surface area contributed by atoms with Crippen LogP contribution in [0.1, 0.15) is 24.8 Å². The standard InChI is InChI=1S/C17H26ClN3O3S/c1-20(2)25(23,24)21-10-8-15(9-11-21)13-19-17(22)7-6-14-4-3-5-16(18)12-14/h3-5,12,15H,6-11,13H2,1-2H3,(H,19,22). The number of piperidine rings is 1. The summed E-state index contributed by atoms with van der Waals surface area (Å²) in [6.07, 6.45) is 2.61. The number of hydrogen-bond donors (Lipinski definition) is 1. The molecule has 1 amide bonds. The molecule has 0 radical (unpaired) electrons. The van der Waals surface area contributed by atoms with Gasteiger partial charge in [-0.3, -0.25) is 4.79 Å². The topological polar surface area (TPSA) is 69.7 Å². The van der Waals surface area contributed by atoms with E-state index < -0.39 is 10.2 Å². The smallest absolute Gasteiger partial charge is 0.281 e. The number of amides is 1. The molecule has 1 aliphatic rings. The molecule has 1 aliphatic heterocycles. The molecular formula is C17H26ClN3O3S. The first-order valence-corrected chi connectivity index (χ1v) is 10.3. The highest BCUT2D eigenvalue weighted by Gasteiger charge is 2.29. The van der Waals surface area contributed by atoms with Crippen LogP contribution in [0.15, 0.2) is 24.3 Å². The van der Waals surface area contributed by atoms with Crippen molar-refractivity contribution in [3.05, 3.63) is 34.9 Å². The first-order valence-electron chi connectivity index (χ1n) is 8.48. The summed E-state index contributed by atoms with van der Waals surface area (Å²) in [4.78, 5) is 12.0. The van der Waals surface area contributed by atoms with Crippen molar-refractivity contribution < 1.29 is 13.2 Å². The number of halogens is 1. The van der Waals surface area contributed by atoms with Crippen LogP contribution in [0, 0.1) is 5.92 Å². The van der Waals surface area contributed by atoms with Gasteiger partial charge in [-0.2, -0.15) is 17.0 Å². The summed E-state index contributed by atoms with van der Waals surface area (Å²) >= 11 is 5.94. The van der Waals surface area contributed by atoms with Gasteiger partial charge < -0.3 is 5.32 Å². The van der Waals surface area contributed by atoms with Crippen LogP contribution < -0.4 is 5.32 Å². The third-order valence-electron chi connectivity index (χ3n) is 4.48. The maximum atomic E-state index is 12.1. The second-order valence-electron chi connectivity index (χ2n) is 6.57. The van der Waals surface area contributed by atoms with Crippen molar-refractivity contribution in [2.24, 2.45) is 5.92 Å². The van der Waals surface area contributed by atoms with E-state index in [-0.39, 0.29) is 5.91 Å². The van der Waals surface area contributed by atoms with Gasteiger partial charge in [0.2, 0.25) is 5.91 Å². The molecule has 1 heterocycles. The third-order valence-corrected chi connectivity index (χ3v) is 6.65. The summed E-state index contributed by atoms with van der Waals surface area (Å²) in [5.74, 6) is 0.340. The van der Waals surface area contributed by atoms with E-state index in [0.29, 0.717) is 43.4 Å². The van der Waals surface area contributed by atoms with E-state index in [4.69, 9.17) is 11.6 Å². The van der Waals surface area contributed by atoms with Crippen LogP contribution in [0.5, 0.6) is 0 Å². The summed E-state index contributed by atoms with van der Waals surface area (Å²) < 4.78 is 26.9. The number of nitrogens with zero attached hydrogens (tertiary/aromatic N) is 2. The van der Waals surface area contributed by atoms with Crippen LogP contribution in [0.4, 0.5) is 0 Å². The minimum Gasteiger partial charge on any atom is -0.356 e. The molecule has 8 heteroatoms. The van der Waals surface area contributed by atoms with Crippen LogP contribution >= 0.6 is 11.6 Å². The molecule has 6 nitrogen and oxygen atoms in total. The normalized spacial score (nSPS) is 17.0. The average molecular weight is 388 g/mol. The summed E-state index contributed by atoms with van der Waals surface area (Å²) in [6.45, 7) is 1.61. The van der Waals surface area contributed by atoms with Crippen molar-refractivity contribution in [2.45, 2.75) is 25.7 Å². The quantitative estimate of drug-likeness (QED) is 0.776. The molecule has 1 N–H and O–H groups in total. The SMILES string of the molecule is CN(C)S(=O)(=O)N1CCC(CNC(=O)CCc2cccc(Cl)c2)CC1. The molecule has 0 bridgehead atoms. The van der Waals surface area contributed by atoms with E-state index in [1.165, 1.54) is 8.61 Å². The molecule has 1 saturated heterocycles. The number of nitrogens with one attached hydrogen (secondary N) is 1. The highest BCUT2D eigenvalue weighted by molar-refractivity contribution is 7.86. The Kier molecular flexibility index (Phi) is 7.25. The van der Waals surface area contributed by atoms with E-state index in [0.717, 1.165) is 18.4 Å². The second kappa shape index (κ2) is 8.98. The van der Waals surface area contributed by atoms with Gasteiger partial charge in [-0.1, -0.05) is 23.7 Å². The maximum Gasteiger partial charge on any atom is 0.281 e. The van der Waals surface area contributed by atoms with E-state index >= 15 is 0 Å². The zero-order valence-electron chi connectivity index (χ0n) is 14.7. The fraction of sp³-hybridized carbons (Fsp3) is 0.588. The van der Waals surface area contributed by atoms with Gasteiger partial charge in [0, 0.05) is 45.2 Å². The molecule has 0 atom stereocenters.